The largest absolute Gasteiger partial charge is 0.545 e. The van der Waals surface area contributed by atoms with Crippen LogP contribution in [0.1, 0.15) is 15.9 Å². The molecule has 0 spiro atoms. The summed E-state index contributed by atoms with van der Waals surface area (Å²) in [5.41, 5.74) is 0.278. The van der Waals surface area contributed by atoms with E-state index in [1.165, 1.54) is 18.2 Å². The molecule has 0 aliphatic carbocycles. The van der Waals surface area contributed by atoms with Gasteiger partial charge >= 0.3 is 0 Å². The normalized spacial score (nSPS) is 10.2. The molecule has 0 saturated heterocycles. The van der Waals surface area contributed by atoms with Crippen molar-refractivity contribution in [1.29, 1.82) is 0 Å². The van der Waals surface area contributed by atoms with Gasteiger partial charge < -0.3 is 14.6 Å². The number of hydrogen-bond acceptors (Lipinski definition) is 3. The highest BCUT2D eigenvalue weighted by molar-refractivity contribution is 9.10. The molecule has 0 bridgehead atoms. The van der Waals surface area contributed by atoms with Crippen LogP contribution in [0.2, 0.25) is 0 Å². The molecule has 0 aliphatic rings. The number of ether oxygens (including phenoxy) is 1. The van der Waals surface area contributed by atoms with Crippen molar-refractivity contribution in [2.45, 2.75) is 6.61 Å². The van der Waals surface area contributed by atoms with Gasteiger partial charge in [0.05, 0.1) is 5.97 Å². The highest BCUT2D eigenvalue weighted by Crippen LogP contribution is 2.24. The third-order valence-electron chi connectivity index (χ3n) is 2.50. The van der Waals surface area contributed by atoms with Crippen LogP contribution in [0.4, 0.5) is 4.39 Å². The molecule has 0 amide bonds. The molecule has 0 atom stereocenters. The highest BCUT2D eigenvalue weighted by Gasteiger charge is 2.07. The smallest absolute Gasteiger partial charge is 0.129 e. The van der Waals surface area contributed by atoms with Crippen molar-refractivity contribution in [2.24, 2.45) is 0 Å². The first-order chi connectivity index (χ1) is 9.08. The maximum absolute atomic E-state index is 13.4. The first kappa shape index (κ1) is 13.5. The summed E-state index contributed by atoms with van der Waals surface area (Å²) in [7, 11) is 0. The van der Waals surface area contributed by atoms with Crippen LogP contribution in [-0.4, -0.2) is 5.97 Å². The number of carbonyl (C=O) groups is 1. The molecule has 3 nitrogen and oxygen atoms in total. The molecule has 5 heteroatoms. The summed E-state index contributed by atoms with van der Waals surface area (Å²) in [5.74, 6) is -1.59. The summed E-state index contributed by atoms with van der Waals surface area (Å²) in [6.07, 6.45) is 0. The van der Waals surface area contributed by atoms with E-state index in [1.807, 2.05) is 0 Å². The molecule has 0 unspecified atom stereocenters. The molecule has 0 N–H and O–H groups in total. The molecule has 0 saturated carbocycles. The van der Waals surface area contributed by atoms with Gasteiger partial charge in [0.2, 0.25) is 0 Å². The number of rotatable bonds is 4. The Labute approximate surface area is 117 Å². The monoisotopic (exact) mass is 323 g/mol. The Morgan fingerprint density at radius 2 is 2.00 bits per heavy atom. The van der Waals surface area contributed by atoms with E-state index in [9.17, 15) is 14.3 Å². The average Bonchev–Trinajstić information content (AvgIpc) is 2.38. The maximum Gasteiger partial charge on any atom is 0.129 e. The van der Waals surface area contributed by atoms with E-state index >= 15 is 0 Å². The van der Waals surface area contributed by atoms with E-state index in [0.29, 0.717) is 10.0 Å². The fraction of sp³-hybridized carbons (Fsp3) is 0.0714. The fourth-order valence-corrected chi connectivity index (χ4v) is 1.92. The zero-order valence-electron chi connectivity index (χ0n) is 9.73. The molecule has 0 radical (unpaired) electrons. The molecule has 19 heavy (non-hydrogen) atoms. The highest BCUT2D eigenvalue weighted by atomic mass is 79.9. The molecule has 2 aromatic rings. The molecule has 0 fully saturated rings. The third-order valence-corrected chi connectivity index (χ3v) is 3.00. The molecular weight excluding hydrogens is 315 g/mol. The molecule has 98 valence electrons. The lowest BCUT2D eigenvalue weighted by molar-refractivity contribution is -0.255. The van der Waals surface area contributed by atoms with Gasteiger partial charge in [-0.15, -0.1) is 0 Å². The summed E-state index contributed by atoms with van der Waals surface area (Å²) in [6, 6.07) is 10.7. The third kappa shape index (κ3) is 3.32. The van der Waals surface area contributed by atoms with Crippen LogP contribution in [0.15, 0.2) is 46.9 Å². The van der Waals surface area contributed by atoms with E-state index in [1.54, 1.807) is 24.3 Å². The summed E-state index contributed by atoms with van der Waals surface area (Å²) >= 11 is 3.17. The van der Waals surface area contributed by atoms with Gasteiger partial charge in [-0.05, 0) is 24.3 Å². The Balaban J connectivity index is 2.20. The standard InChI is InChI=1S/C14H10BrFO3/c15-10-5-6-13(11(7-10)14(17)18)19-8-9-3-1-2-4-12(9)16/h1-7H,8H2,(H,17,18)/p-1. The minimum absolute atomic E-state index is 0.0470. The number of halogens is 2. The number of carboxylic acid groups (broad SMARTS) is 1. The van der Waals surface area contributed by atoms with Crippen LogP contribution < -0.4 is 9.84 Å². The van der Waals surface area contributed by atoms with Crippen molar-refractivity contribution in [3.05, 3.63) is 63.9 Å². The quantitative estimate of drug-likeness (QED) is 0.868. The number of hydrogen-bond donors (Lipinski definition) is 0. The Bertz CT molecular complexity index is 613. The van der Waals surface area contributed by atoms with Crippen molar-refractivity contribution < 1.29 is 19.0 Å². The van der Waals surface area contributed by atoms with Gasteiger partial charge in [0.25, 0.3) is 0 Å². The minimum atomic E-state index is -1.34. The average molecular weight is 324 g/mol. The molecule has 2 rings (SSSR count). The molecule has 0 aromatic heterocycles. The zero-order valence-corrected chi connectivity index (χ0v) is 11.3. The Morgan fingerprint density at radius 3 is 2.68 bits per heavy atom. The van der Waals surface area contributed by atoms with Crippen molar-refractivity contribution in [3.8, 4) is 5.75 Å². The predicted octanol–water partition coefficient (Wildman–Crippen LogP) is 2.53. The van der Waals surface area contributed by atoms with Gasteiger partial charge in [0.15, 0.2) is 0 Å². The number of carbonyl (C=O) groups excluding carboxylic acids is 1. The van der Waals surface area contributed by atoms with Crippen LogP contribution in [-0.2, 0) is 6.61 Å². The van der Waals surface area contributed by atoms with Gasteiger partial charge in [-0.1, -0.05) is 34.1 Å². The van der Waals surface area contributed by atoms with E-state index < -0.39 is 11.8 Å². The Kier molecular flexibility index (Phi) is 4.16. The van der Waals surface area contributed by atoms with Crippen LogP contribution in [0.5, 0.6) is 5.75 Å². The lowest BCUT2D eigenvalue weighted by Gasteiger charge is -2.13. The fourth-order valence-electron chi connectivity index (χ4n) is 1.56. The van der Waals surface area contributed by atoms with E-state index in [0.717, 1.165) is 0 Å². The van der Waals surface area contributed by atoms with Crippen molar-refractivity contribution in [2.75, 3.05) is 0 Å². The Morgan fingerprint density at radius 1 is 1.26 bits per heavy atom. The first-order valence-electron chi connectivity index (χ1n) is 5.45. The second-order valence-electron chi connectivity index (χ2n) is 3.81. The maximum atomic E-state index is 13.4. The second kappa shape index (κ2) is 5.84. The number of benzene rings is 2. The molecule has 0 heterocycles. The first-order valence-corrected chi connectivity index (χ1v) is 6.24. The second-order valence-corrected chi connectivity index (χ2v) is 4.72. The van der Waals surface area contributed by atoms with E-state index in [-0.39, 0.29) is 17.9 Å². The van der Waals surface area contributed by atoms with Crippen molar-refractivity contribution in [1.82, 2.24) is 0 Å². The van der Waals surface area contributed by atoms with Gasteiger partial charge in [-0.3, -0.25) is 0 Å². The van der Waals surface area contributed by atoms with Gasteiger partial charge in [0.1, 0.15) is 18.2 Å². The van der Waals surface area contributed by atoms with Crippen LogP contribution in [0.3, 0.4) is 0 Å². The van der Waals surface area contributed by atoms with Crippen LogP contribution >= 0.6 is 15.9 Å². The summed E-state index contributed by atoms with van der Waals surface area (Å²) in [6.45, 7) is -0.0470. The minimum Gasteiger partial charge on any atom is -0.545 e. The van der Waals surface area contributed by atoms with Crippen LogP contribution in [0.25, 0.3) is 0 Å². The van der Waals surface area contributed by atoms with Crippen molar-refractivity contribution >= 4 is 21.9 Å². The SMILES string of the molecule is O=C([O-])c1cc(Br)ccc1OCc1ccccc1F. The Hall–Kier alpha value is -1.88. The van der Waals surface area contributed by atoms with E-state index in [4.69, 9.17) is 4.74 Å². The van der Waals surface area contributed by atoms with Gasteiger partial charge in [-0.2, -0.15) is 0 Å². The van der Waals surface area contributed by atoms with Crippen molar-refractivity contribution in [3.63, 3.8) is 0 Å². The van der Waals surface area contributed by atoms with Crippen LogP contribution in [0, 0.1) is 5.82 Å². The molecule has 2 aromatic carbocycles. The molecule has 0 aliphatic heterocycles. The topological polar surface area (TPSA) is 49.4 Å². The number of aromatic carboxylic acids is 1. The summed E-state index contributed by atoms with van der Waals surface area (Å²) < 4.78 is 19.3. The summed E-state index contributed by atoms with van der Waals surface area (Å²) in [5, 5.41) is 11.0. The van der Waals surface area contributed by atoms with Gasteiger partial charge in [0, 0.05) is 15.6 Å². The zero-order chi connectivity index (χ0) is 13.8. The summed E-state index contributed by atoms with van der Waals surface area (Å²) in [4.78, 5) is 11.0. The molecular formula is C14H9BrFO3-. The number of carboxylic acids is 1. The van der Waals surface area contributed by atoms with E-state index in [2.05, 4.69) is 15.9 Å². The lowest BCUT2D eigenvalue weighted by atomic mass is 10.2. The van der Waals surface area contributed by atoms with Gasteiger partial charge in [-0.25, -0.2) is 4.39 Å². The predicted molar refractivity (Wildman–Crippen MR) is 69.2 cm³/mol. The lowest BCUT2D eigenvalue weighted by Crippen LogP contribution is -2.23.